The molecule has 1 unspecified atom stereocenters. The number of benzene rings is 1. The Morgan fingerprint density at radius 1 is 1.06 bits per heavy atom. The molecule has 33 heavy (non-hydrogen) atoms. The van der Waals surface area contributed by atoms with E-state index in [0.717, 1.165) is 5.56 Å². The van der Waals surface area contributed by atoms with Gasteiger partial charge in [0.25, 0.3) is 0 Å². The number of amides is 3. The number of primary amides is 1. The lowest BCUT2D eigenvalue weighted by molar-refractivity contribution is -0.154. The van der Waals surface area contributed by atoms with Gasteiger partial charge in [0, 0.05) is 24.6 Å². The second-order valence-electron chi connectivity index (χ2n) is 9.58. The van der Waals surface area contributed by atoms with Crippen molar-refractivity contribution in [3.8, 4) is 0 Å². The third-order valence-electron chi connectivity index (χ3n) is 5.14. The van der Waals surface area contributed by atoms with E-state index in [2.05, 4.69) is 10.6 Å². The maximum atomic E-state index is 12.9. The number of Topliss-reactive ketones (excluding diaryl/α,β-unsaturated/α-hetero) is 1. The molecule has 6 N–H and O–H groups in total. The molecule has 1 aromatic carbocycles. The highest BCUT2D eigenvalue weighted by Gasteiger charge is 2.26. The fourth-order valence-electron chi connectivity index (χ4n) is 2.93. The first-order valence-corrected chi connectivity index (χ1v) is 11.2. The lowest BCUT2D eigenvalue weighted by atomic mass is 9.90. The molecule has 1 rings (SSSR count). The minimum absolute atomic E-state index is 0.0165. The van der Waals surface area contributed by atoms with Crippen LogP contribution in [-0.2, 0) is 25.7 Å². The Morgan fingerprint density at radius 3 is 2.18 bits per heavy atom. The van der Waals surface area contributed by atoms with Crippen molar-refractivity contribution in [3.63, 3.8) is 0 Å². The average Bonchev–Trinajstić information content (AvgIpc) is 2.73. The lowest BCUT2D eigenvalue weighted by Gasteiger charge is -2.20. The third kappa shape index (κ3) is 10.5. The van der Waals surface area contributed by atoms with Gasteiger partial charge in [0.2, 0.25) is 5.91 Å². The molecule has 9 heteroatoms. The molecule has 0 fully saturated rings. The fraction of sp³-hybridized carbons (Fsp3) is 0.583. The highest BCUT2D eigenvalue weighted by atomic mass is 16.5. The van der Waals surface area contributed by atoms with E-state index in [1.54, 1.807) is 45.0 Å². The van der Waals surface area contributed by atoms with Crippen LogP contribution in [0.25, 0.3) is 0 Å². The Bertz CT molecular complexity index is 815. The largest absolute Gasteiger partial charge is 0.460 e. The van der Waals surface area contributed by atoms with E-state index in [-0.39, 0.29) is 36.6 Å². The van der Waals surface area contributed by atoms with Crippen molar-refractivity contribution in [2.45, 2.75) is 66.5 Å². The molecule has 1 aromatic rings. The number of nitrogens with two attached hydrogens (primary N) is 2. The van der Waals surface area contributed by atoms with Crippen LogP contribution in [0.4, 0.5) is 10.5 Å². The molecule has 0 aliphatic heterocycles. The molecule has 0 saturated carbocycles. The average molecular weight is 463 g/mol. The van der Waals surface area contributed by atoms with Crippen molar-refractivity contribution in [1.82, 2.24) is 5.32 Å². The van der Waals surface area contributed by atoms with E-state index >= 15 is 0 Å². The van der Waals surface area contributed by atoms with E-state index < -0.39 is 23.4 Å². The highest BCUT2D eigenvalue weighted by Crippen LogP contribution is 2.20. The standard InChI is InChI=1S/C24H38N4O5/c1-15(2)20(25)19(29)13-17(7-6-12-27-23(26)32)21(30)28-18-10-8-16(9-11-18)14-33-22(31)24(3,4)5/h8-11,15,17,20H,6-7,12-14,25H2,1-5H3,(H,28,30)(H3,26,27,32)/t17-,20?/m1/s1. The lowest BCUT2D eigenvalue weighted by Crippen LogP contribution is -2.38. The van der Waals surface area contributed by atoms with E-state index in [1.807, 2.05) is 13.8 Å². The zero-order valence-electron chi connectivity index (χ0n) is 20.3. The van der Waals surface area contributed by atoms with Gasteiger partial charge in [-0.25, -0.2) is 4.79 Å². The van der Waals surface area contributed by atoms with Crippen molar-refractivity contribution in [3.05, 3.63) is 29.8 Å². The summed E-state index contributed by atoms with van der Waals surface area (Å²) in [5, 5.41) is 5.31. The molecule has 0 saturated heterocycles. The molecular formula is C24H38N4O5. The first kappa shape index (κ1) is 28.1. The Hall–Kier alpha value is -2.94. The summed E-state index contributed by atoms with van der Waals surface area (Å²) in [6, 6.07) is 5.67. The van der Waals surface area contributed by atoms with Crippen molar-refractivity contribution in [1.29, 1.82) is 0 Å². The summed E-state index contributed by atoms with van der Waals surface area (Å²) in [4.78, 5) is 48.1. The zero-order valence-corrected chi connectivity index (χ0v) is 20.3. The van der Waals surface area contributed by atoms with Gasteiger partial charge >= 0.3 is 12.0 Å². The van der Waals surface area contributed by atoms with Gasteiger partial charge in [0.1, 0.15) is 6.61 Å². The zero-order chi connectivity index (χ0) is 25.2. The summed E-state index contributed by atoms with van der Waals surface area (Å²) in [5.41, 5.74) is 11.8. The number of ketones is 1. The molecule has 2 atom stereocenters. The number of carbonyl (C=O) groups is 4. The number of nitrogens with one attached hydrogen (secondary N) is 2. The van der Waals surface area contributed by atoms with Gasteiger partial charge in [0.15, 0.2) is 5.78 Å². The van der Waals surface area contributed by atoms with Crippen LogP contribution >= 0.6 is 0 Å². The first-order chi connectivity index (χ1) is 15.3. The number of rotatable bonds is 12. The molecule has 0 heterocycles. The molecule has 184 valence electrons. The van der Waals surface area contributed by atoms with E-state index in [0.29, 0.717) is 25.1 Å². The van der Waals surface area contributed by atoms with Gasteiger partial charge in [0.05, 0.1) is 11.5 Å². The van der Waals surface area contributed by atoms with Crippen molar-refractivity contribution in [2.24, 2.45) is 28.7 Å². The fourth-order valence-corrected chi connectivity index (χ4v) is 2.93. The smallest absolute Gasteiger partial charge is 0.312 e. The minimum Gasteiger partial charge on any atom is -0.460 e. The molecule has 0 bridgehead atoms. The maximum absolute atomic E-state index is 12.9. The monoisotopic (exact) mass is 462 g/mol. The number of anilines is 1. The Labute approximate surface area is 196 Å². The SMILES string of the molecule is CC(C)C(N)C(=O)C[C@@H](CCCNC(N)=O)C(=O)Nc1ccc(COC(=O)C(C)(C)C)cc1. The van der Waals surface area contributed by atoms with Crippen LogP contribution in [0.1, 0.15) is 59.4 Å². The normalized spacial score (nSPS) is 13.2. The molecule has 9 nitrogen and oxygen atoms in total. The van der Waals surface area contributed by atoms with E-state index in [9.17, 15) is 19.2 Å². The highest BCUT2D eigenvalue weighted by molar-refractivity contribution is 5.96. The number of hydrogen-bond acceptors (Lipinski definition) is 6. The van der Waals surface area contributed by atoms with Crippen LogP contribution in [0.3, 0.4) is 0 Å². The van der Waals surface area contributed by atoms with Gasteiger partial charge in [-0.05, 0) is 57.2 Å². The summed E-state index contributed by atoms with van der Waals surface area (Å²) >= 11 is 0. The number of hydrogen-bond donors (Lipinski definition) is 4. The number of esters is 1. The summed E-state index contributed by atoms with van der Waals surface area (Å²) in [6.45, 7) is 9.52. The molecule has 3 amide bonds. The molecule has 0 aliphatic carbocycles. The predicted molar refractivity (Wildman–Crippen MR) is 127 cm³/mol. The number of carbonyl (C=O) groups excluding carboxylic acids is 4. The van der Waals surface area contributed by atoms with E-state index in [1.165, 1.54) is 0 Å². The van der Waals surface area contributed by atoms with Crippen molar-refractivity contribution >= 4 is 29.4 Å². The molecule has 0 aliphatic rings. The second-order valence-corrected chi connectivity index (χ2v) is 9.58. The number of ether oxygens (including phenoxy) is 1. The van der Waals surface area contributed by atoms with Crippen LogP contribution in [0.5, 0.6) is 0 Å². The molecular weight excluding hydrogens is 424 g/mol. The second kappa shape index (κ2) is 12.9. The Balaban J connectivity index is 2.76. The van der Waals surface area contributed by atoms with Gasteiger partial charge < -0.3 is 26.8 Å². The van der Waals surface area contributed by atoms with Crippen LogP contribution in [0.2, 0.25) is 0 Å². The quantitative estimate of drug-likeness (QED) is 0.277. The summed E-state index contributed by atoms with van der Waals surface area (Å²) in [7, 11) is 0. The van der Waals surface area contributed by atoms with Gasteiger partial charge in [-0.3, -0.25) is 14.4 Å². The van der Waals surface area contributed by atoms with Crippen LogP contribution < -0.4 is 22.1 Å². The Kier molecular flexibility index (Phi) is 11.0. The van der Waals surface area contributed by atoms with Crippen LogP contribution in [0, 0.1) is 17.3 Å². The molecule has 0 aromatic heterocycles. The predicted octanol–water partition coefficient (Wildman–Crippen LogP) is 2.72. The molecule has 0 radical (unpaired) electrons. The van der Waals surface area contributed by atoms with Crippen LogP contribution in [-0.4, -0.2) is 36.3 Å². The summed E-state index contributed by atoms with van der Waals surface area (Å²) < 4.78 is 5.29. The van der Waals surface area contributed by atoms with Crippen molar-refractivity contribution < 1.29 is 23.9 Å². The van der Waals surface area contributed by atoms with E-state index in [4.69, 9.17) is 16.2 Å². The van der Waals surface area contributed by atoms with Crippen molar-refractivity contribution in [2.75, 3.05) is 11.9 Å². The van der Waals surface area contributed by atoms with Crippen LogP contribution in [0.15, 0.2) is 24.3 Å². The first-order valence-electron chi connectivity index (χ1n) is 11.2. The van der Waals surface area contributed by atoms with Gasteiger partial charge in [-0.1, -0.05) is 26.0 Å². The minimum atomic E-state index is -0.640. The topological polar surface area (TPSA) is 154 Å². The summed E-state index contributed by atoms with van der Waals surface area (Å²) in [5.74, 6) is -1.39. The third-order valence-corrected chi connectivity index (χ3v) is 5.14. The Morgan fingerprint density at radius 2 is 1.67 bits per heavy atom. The van der Waals surface area contributed by atoms with Gasteiger partial charge in [-0.15, -0.1) is 0 Å². The maximum Gasteiger partial charge on any atom is 0.312 e. The van der Waals surface area contributed by atoms with Gasteiger partial charge in [-0.2, -0.15) is 0 Å². The number of urea groups is 1. The summed E-state index contributed by atoms with van der Waals surface area (Å²) in [6.07, 6.45) is 0.898. The molecule has 0 spiro atoms.